The minimum Gasteiger partial charge on any atom is -0.338 e. The van der Waals surface area contributed by atoms with Gasteiger partial charge in [0.2, 0.25) is 11.7 Å². The Hall–Kier alpha value is -1.79. The maximum Gasteiger partial charge on any atom is 0.241 e. The lowest BCUT2D eigenvalue weighted by Crippen LogP contribution is -2.45. The summed E-state index contributed by atoms with van der Waals surface area (Å²) in [4.78, 5) is 6.61. The van der Waals surface area contributed by atoms with E-state index in [-0.39, 0.29) is 11.9 Å². The van der Waals surface area contributed by atoms with Crippen LogP contribution in [0.25, 0.3) is 11.4 Å². The molecule has 1 fully saturated rings. The highest BCUT2D eigenvalue weighted by molar-refractivity contribution is 5.53. The normalized spacial score (nSPS) is 23.4. The largest absolute Gasteiger partial charge is 0.338 e. The Labute approximate surface area is 122 Å². The van der Waals surface area contributed by atoms with Crippen LogP contribution in [0, 0.1) is 11.7 Å². The fourth-order valence-corrected chi connectivity index (χ4v) is 2.87. The second kappa shape index (κ2) is 5.91. The minimum atomic E-state index is -0.279. The number of nitrogens with zero attached hydrogens (tertiary/aromatic N) is 3. The third-order valence-electron chi connectivity index (χ3n) is 3.70. The average molecular weight is 290 g/mol. The molecule has 2 heterocycles. The van der Waals surface area contributed by atoms with Crippen LogP contribution < -0.4 is 5.73 Å². The van der Waals surface area contributed by atoms with Crippen LogP contribution in [0.3, 0.4) is 0 Å². The molecule has 0 saturated carbocycles. The monoisotopic (exact) mass is 290 g/mol. The Morgan fingerprint density at radius 1 is 1.33 bits per heavy atom. The van der Waals surface area contributed by atoms with E-state index in [1.807, 2.05) is 0 Å². The molecule has 2 unspecified atom stereocenters. The van der Waals surface area contributed by atoms with Crippen LogP contribution in [0.1, 0.15) is 19.2 Å². The number of likely N-dealkylation sites (tertiary alicyclic amines) is 1. The molecule has 6 heteroatoms. The number of nitrogens with two attached hydrogens (primary N) is 1. The molecular weight excluding hydrogens is 271 g/mol. The van der Waals surface area contributed by atoms with Crippen LogP contribution in [0.2, 0.25) is 0 Å². The average Bonchev–Trinajstić information content (AvgIpc) is 2.87. The van der Waals surface area contributed by atoms with Gasteiger partial charge < -0.3 is 10.3 Å². The van der Waals surface area contributed by atoms with Crippen molar-refractivity contribution in [1.82, 2.24) is 15.0 Å². The molecule has 1 aliphatic rings. The summed E-state index contributed by atoms with van der Waals surface area (Å²) < 4.78 is 18.2. The summed E-state index contributed by atoms with van der Waals surface area (Å²) in [6, 6.07) is 6.26. The highest BCUT2D eigenvalue weighted by Gasteiger charge is 2.23. The molecule has 0 bridgehead atoms. The van der Waals surface area contributed by atoms with Gasteiger partial charge in [-0.2, -0.15) is 4.98 Å². The number of hydrogen-bond donors (Lipinski definition) is 1. The van der Waals surface area contributed by atoms with Crippen molar-refractivity contribution in [2.45, 2.75) is 25.9 Å². The van der Waals surface area contributed by atoms with E-state index in [9.17, 15) is 4.39 Å². The molecule has 2 atom stereocenters. The molecular formula is C15H19FN4O. The predicted molar refractivity (Wildman–Crippen MR) is 76.7 cm³/mol. The summed E-state index contributed by atoms with van der Waals surface area (Å²) >= 11 is 0. The quantitative estimate of drug-likeness (QED) is 0.937. The first-order chi connectivity index (χ1) is 10.1. The summed E-state index contributed by atoms with van der Waals surface area (Å²) in [6.07, 6.45) is 1.06. The molecule has 0 aliphatic carbocycles. The molecule has 0 amide bonds. The van der Waals surface area contributed by atoms with Gasteiger partial charge in [-0.15, -0.1) is 0 Å². The topological polar surface area (TPSA) is 68.2 Å². The molecule has 3 rings (SSSR count). The first-order valence-electron chi connectivity index (χ1n) is 7.16. The summed E-state index contributed by atoms with van der Waals surface area (Å²) in [5.41, 5.74) is 6.78. The van der Waals surface area contributed by atoms with Crippen LogP contribution in [-0.4, -0.2) is 34.2 Å². The van der Waals surface area contributed by atoms with E-state index in [4.69, 9.17) is 10.3 Å². The SMILES string of the molecule is CC1CC(N)CN(Cc2nc(-c3ccc(F)cc3)no2)C1. The number of benzene rings is 1. The minimum absolute atomic E-state index is 0.202. The fourth-order valence-electron chi connectivity index (χ4n) is 2.87. The molecule has 21 heavy (non-hydrogen) atoms. The van der Waals surface area contributed by atoms with E-state index < -0.39 is 0 Å². The maximum absolute atomic E-state index is 12.9. The smallest absolute Gasteiger partial charge is 0.241 e. The van der Waals surface area contributed by atoms with E-state index in [2.05, 4.69) is 22.0 Å². The Morgan fingerprint density at radius 3 is 2.81 bits per heavy atom. The lowest BCUT2D eigenvalue weighted by molar-refractivity contribution is 0.142. The molecule has 2 N–H and O–H groups in total. The second-order valence-corrected chi connectivity index (χ2v) is 5.81. The third kappa shape index (κ3) is 3.46. The van der Waals surface area contributed by atoms with Gasteiger partial charge in [0.05, 0.1) is 6.54 Å². The predicted octanol–water partition coefficient (Wildman–Crippen LogP) is 2.04. The van der Waals surface area contributed by atoms with Crippen molar-refractivity contribution in [3.63, 3.8) is 0 Å². The van der Waals surface area contributed by atoms with Crippen molar-refractivity contribution in [2.24, 2.45) is 11.7 Å². The van der Waals surface area contributed by atoms with Crippen LogP contribution >= 0.6 is 0 Å². The van der Waals surface area contributed by atoms with Gasteiger partial charge in [0, 0.05) is 24.7 Å². The van der Waals surface area contributed by atoms with Crippen molar-refractivity contribution in [1.29, 1.82) is 0 Å². The van der Waals surface area contributed by atoms with E-state index >= 15 is 0 Å². The third-order valence-corrected chi connectivity index (χ3v) is 3.70. The van der Waals surface area contributed by atoms with Crippen molar-refractivity contribution >= 4 is 0 Å². The van der Waals surface area contributed by atoms with E-state index in [0.29, 0.717) is 24.2 Å². The van der Waals surface area contributed by atoms with Crippen LogP contribution in [0.5, 0.6) is 0 Å². The first-order valence-corrected chi connectivity index (χ1v) is 7.16. The van der Waals surface area contributed by atoms with Gasteiger partial charge in [0.1, 0.15) is 5.82 Å². The van der Waals surface area contributed by atoms with Gasteiger partial charge in [0.25, 0.3) is 0 Å². The van der Waals surface area contributed by atoms with Gasteiger partial charge in [-0.1, -0.05) is 12.1 Å². The number of piperidine rings is 1. The molecule has 1 aromatic carbocycles. The first kappa shape index (κ1) is 14.2. The standard InChI is InChI=1S/C15H19FN4O/c1-10-6-13(17)8-20(7-10)9-14-18-15(19-21-14)11-2-4-12(16)5-3-11/h2-5,10,13H,6-9,17H2,1H3. The lowest BCUT2D eigenvalue weighted by atomic mass is 9.97. The molecule has 1 saturated heterocycles. The summed E-state index contributed by atoms with van der Waals surface area (Å²) in [6.45, 7) is 4.64. The summed E-state index contributed by atoms with van der Waals surface area (Å²) in [5.74, 6) is 1.35. The molecule has 0 radical (unpaired) electrons. The van der Waals surface area contributed by atoms with Gasteiger partial charge in [-0.3, -0.25) is 4.90 Å². The highest BCUT2D eigenvalue weighted by Crippen LogP contribution is 2.19. The molecule has 5 nitrogen and oxygen atoms in total. The zero-order chi connectivity index (χ0) is 14.8. The number of halogens is 1. The van der Waals surface area contributed by atoms with Crippen molar-refractivity contribution in [3.05, 3.63) is 36.0 Å². The molecule has 1 aliphatic heterocycles. The summed E-state index contributed by atoms with van der Waals surface area (Å²) in [7, 11) is 0. The van der Waals surface area contributed by atoms with Crippen molar-refractivity contribution < 1.29 is 8.91 Å². The fraction of sp³-hybridized carbons (Fsp3) is 0.467. The van der Waals surface area contributed by atoms with E-state index in [1.165, 1.54) is 12.1 Å². The second-order valence-electron chi connectivity index (χ2n) is 5.81. The van der Waals surface area contributed by atoms with E-state index in [0.717, 1.165) is 25.1 Å². The zero-order valence-corrected chi connectivity index (χ0v) is 12.0. The Kier molecular flexibility index (Phi) is 3.98. The maximum atomic E-state index is 12.9. The molecule has 1 aromatic heterocycles. The number of aromatic nitrogens is 2. The molecule has 112 valence electrons. The van der Waals surface area contributed by atoms with Crippen LogP contribution in [0.15, 0.2) is 28.8 Å². The van der Waals surface area contributed by atoms with Crippen LogP contribution in [-0.2, 0) is 6.54 Å². The number of hydrogen-bond acceptors (Lipinski definition) is 5. The van der Waals surface area contributed by atoms with Gasteiger partial charge in [-0.05, 0) is 36.6 Å². The molecule has 2 aromatic rings. The lowest BCUT2D eigenvalue weighted by Gasteiger charge is -2.33. The van der Waals surface area contributed by atoms with E-state index in [1.54, 1.807) is 12.1 Å². The highest BCUT2D eigenvalue weighted by atomic mass is 19.1. The van der Waals surface area contributed by atoms with Crippen molar-refractivity contribution in [2.75, 3.05) is 13.1 Å². The molecule has 0 spiro atoms. The Bertz CT molecular complexity index is 588. The van der Waals surface area contributed by atoms with Gasteiger partial charge >= 0.3 is 0 Å². The van der Waals surface area contributed by atoms with Gasteiger partial charge in [0.15, 0.2) is 0 Å². The van der Waals surface area contributed by atoms with Crippen molar-refractivity contribution in [3.8, 4) is 11.4 Å². The van der Waals surface area contributed by atoms with Gasteiger partial charge in [-0.25, -0.2) is 4.39 Å². The van der Waals surface area contributed by atoms with Crippen LogP contribution in [0.4, 0.5) is 4.39 Å². The Morgan fingerprint density at radius 2 is 2.10 bits per heavy atom. The Balaban J connectivity index is 1.69. The summed E-state index contributed by atoms with van der Waals surface area (Å²) in [5, 5.41) is 3.95. The zero-order valence-electron chi connectivity index (χ0n) is 12.0. The number of rotatable bonds is 3.